The molecule has 0 aliphatic rings. The second-order valence-electron chi connectivity index (χ2n) is 7.95. The maximum absolute atomic E-state index is 12.8. The number of ketones is 1. The SMILES string of the molecule is CCc1ccc(C(=O)CC(=NNC(=O)c2ccc([N+](=O)[O-])cc2)C(=O)NCCc2ccccc2)cc1. The van der Waals surface area contributed by atoms with E-state index in [1.165, 1.54) is 24.3 Å². The van der Waals surface area contributed by atoms with E-state index in [4.69, 9.17) is 0 Å². The van der Waals surface area contributed by atoms with Gasteiger partial charge in [-0.05, 0) is 36.1 Å². The van der Waals surface area contributed by atoms with Gasteiger partial charge in [0, 0.05) is 29.8 Å². The summed E-state index contributed by atoms with van der Waals surface area (Å²) in [5, 5.41) is 17.5. The lowest BCUT2D eigenvalue weighted by Gasteiger charge is -2.09. The molecule has 0 spiro atoms. The van der Waals surface area contributed by atoms with Crippen LogP contribution in [0.15, 0.2) is 84.0 Å². The number of carbonyl (C=O) groups is 3. The number of hydrazone groups is 1. The Labute approximate surface area is 208 Å². The number of nitrogens with one attached hydrogen (secondary N) is 2. The molecule has 9 nitrogen and oxygen atoms in total. The molecule has 0 aliphatic carbocycles. The molecule has 0 atom stereocenters. The monoisotopic (exact) mass is 486 g/mol. The Morgan fingerprint density at radius 3 is 2.11 bits per heavy atom. The minimum Gasteiger partial charge on any atom is -0.351 e. The molecule has 0 bridgehead atoms. The van der Waals surface area contributed by atoms with Crippen LogP contribution in [0.1, 0.15) is 45.2 Å². The average Bonchev–Trinajstić information content (AvgIpc) is 2.91. The molecular formula is C27H26N4O5. The van der Waals surface area contributed by atoms with Crippen LogP contribution < -0.4 is 10.7 Å². The van der Waals surface area contributed by atoms with Gasteiger partial charge >= 0.3 is 0 Å². The smallest absolute Gasteiger partial charge is 0.271 e. The lowest BCUT2D eigenvalue weighted by molar-refractivity contribution is -0.384. The largest absolute Gasteiger partial charge is 0.351 e. The van der Waals surface area contributed by atoms with Crippen LogP contribution in [0.25, 0.3) is 0 Å². The second-order valence-corrected chi connectivity index (χ2v) is 7.95. The van der Waals surface area contributed by atoms with E-state index in [1.54, 1.807) is 12.1 Å². The highest BCUT2D eigenvalue weighted by molar-refractivity contribution is 6.42. The fraction of sp³-hybridized carbons (Fsp3) is 0.185. The van der Waals surface area contributed by atoms with Gasteiger partial charge in [0.1, 0.15) is 5.71 Å². The molecule has 2 N–H and O–H groups in total. The lowest BCUT2D eigenvalue weighted by Crippen LogP contribution is -2.35. The number of benzene rings is 3. The second kappa shape index (κ2) is 12.7. The van der Waals surface area contributed by atoms with Gasteiger partial charge in [-0.2, -0.15) is 5.10 Å². The van der Waals surface area contributed by atoms with E-state index in [9.17, 15) is 24.5 Å². The maximum Gasteiger partial charge on any atom is 0.271 e. The zero-order valence-corrected chi connectivity index (χ0v) is 19.8. The fourth-order valence-electron chi connectivity index (χ4n) is 3.34. The Balaban J connectivity index is 1.72. The molecule has 3 rings (SSSR count). The van der Waals surface area contributed by atoms with Crippen LogP contribution >= 0.6 is 0 Å². The number of amides is 2. The number of Topliss-reactive ketones (excluding diaryl/α,β-unsaturated/α-hetero) is 1. The van der Waals surface area contributed by atoms with Crippen molar-refractivity contribution in [2.24, 2.45) is 5.10 Å². The zero-order valence-electron chi connectivity index (χ0n) is 19.8. The van der Waals surface area contributed by atoms with Crippen LogP contribution in [-0.2, 0) is 17.6 Å². The number of aryl methyl sites for hydroxylation is 1. The van der Waals surface area contributed by atoms with Gasteiger partial charge in [0.05, 0.1) is 11.3 Å². The van der Waals surface area contributed by atoms with E-state index < -0.39 is 16.7 Å². The van der Waals surface area contributed by atoms with Gasteiger partial charge < -0.3 is 5.32 Å². The molecular weight excluding hydrogens is 460 g/mol. The van der Waals surface area contributed by atoms with Crippen molar-refractivity contribution in [2.75, 3.05) is 6.54 Å². The molecule has 0 saturated heterocycles. The minimum absolute atomic E-state index is 0.120. The molecule has 2 amide bonds. The van der Waals surface area contributed by atoms with Gasteiger partial charge in [-0.25, -0.2) is 5.43 Å². The van der Waals surface area contributed by atoms with Crippen molar-refractivity contribution in [1.29, 1.82) is 0 Å². The Bertz CT molecular complexity index is 1250. The first-order chi connectivity index (χ1) is 17.4. The molecule has 0 radical (unpaired) electrons. The van der Waals surface area contributed by atoms with Crippen LogP contribution in [0.5, 0.6) is 0 Å². The van der Waals surface area contributed by atoms with Crippen LogP contribution in [-0.4, -0.2) is 34.8 Å². The third kappa shape index (κ3) is 7.42. The number of nitro groups is 1. The van der Waals surface area contributed by atoms with E-state index in [0.29, 0.717) is 18.5 Å². The molecule has 0 fully saturated rings. The lowest BCUT2D eigenvalue weighted by atomic mass is 10.0. The molecule has 36 heavy (non-hydrogen) atoms. The van der Waals surface area contributed by atoms with E-state index in [2.05, 4.69) is 15.8 Å². The summed E-state index contributed by atoms with van der Waals surface area (Å²) in [5.74, 6) is -1.56. The van der Waals surface area contributed by atoms with E-state index in [1.807, 2.05) is 49.4 Å². The first-order valence-electron chi connectivity index (χ1n) is 11.4. The highest BCUT2D eigenvalue weighted by atomic mass is 16.6. The summed E-state index contributed by atoms with van der Waals surface area (Å²) < 4.78 is 0. The number of nitrogens with zero attached hydrogens (tertiary/aromatic N) is 2. The maximum atomic E-state index is 12.8. The summed E-state index contributed by atoms with van der Waals surface area (Å²) in [7, 11) is 0. The first kappa shape index (κ1) is 26.0. The normalized spacial score (nSPS) is 11.0. The summed E-state index contributed by atoms with van der Waals surface area (Å²) >= 11 is 0. The minimum atomic E-state index is -0.667. The van der Waals surface area contributed by atoms with Crippen LogP contribution in [0.2, 0.25) is 0 Å². The van der Waals surface area contributed by atoms with Gasteiger partial charge in [-0.1, -0.05) is 61.5 Å². The van der Waals surface area contributed by atoms with E-state index >= 15 is 0 Å². The van der Waals surface area contributed by atoms with Crippen molar-refractivity contribution >= 4 is 29.0 Å². The summed E-state index contributed by atoms with van der Waals surface area (Å²) in [5.41, 5.74) is 4.63. The topological polar surface area (TPSA) is 131 Å². The van der Waals surface area contributed by atoms with Gasteiger partial charge in [0.25, 0.3) is 17.5 Å². The fourth-order valence-corrected chi connectivity index (χ4v) is 3.34. The van der Waals surface area contributed by atoms with Gasteiger partial charge in [0.2, 0.25) is 0 Å². The number of nitro benzene ring substituents is 1. The third-order valence-corrected chi connectivity index (χ3v) is 5.45. The number of carbonyl (C=O) groups excluding carboxylic acids is 3. The molecule has 184 valence electrons. The van der Waals surface area contributed by atoms with Crippen LogP contribution in [0.4, 0.5) is 5.69 Å². The molecule has 3 aromatic carbocycles. The molecule has 3 aromatic rings. The highest BCUT2D eigenvalue weighted by Gasteiger charge is 2.18. The Morgan fingerprint density at radius 1 is 0.861 bits per heavy atom. The Kier molecular flexibility index (Phi) is 9.16. The van der Waals surface area contributed by atoms with Gasteiger partial charge in [0.15, 0.2) is 5.78 Å². The van der Waals surface area contributed by atoms with E-state index in [0.717, 1.165) is 17.5 Å². The Morgan fingerprint density at radius 2 is 1.50 bits per heavy atom. The number of hydrogen-bond donors (Lipinski definition) is 2. The van der Waals surface area contributed by atoms with Crippen LogP contribution in [0, 0.1) is 10.1 Å². The molecule has 0 aromatic heterocycles. The number of rotatable bonds is 11. The summed E-state index contributed by atoms with van der Waals surface area (Å²) in [6.07, 6.45) is 1.10. The van der Waals surface area contributed by atoms with Gasteiger partial charge in [-0.3, -0.25) is 24.5 Å². The third-order valence-electron chi connectivity index (χ3n) is 5.45. The van der Waals surface area contributed by atoms with Crippen LogP contribution in [0.3, 0.4) is 0 Å². The molecule has 9 heteroatoms. The van der Waals surface area contributed by atoms with Crippen molar-refractivity contribution in [2.45, 2.75) is 26.2 Å². The Hall–Kier alpha value is -4.66. The molecule has 0 saturated carbocycles. The zero-order chi connectivity index (χ0) is 25.9. The van der Waals surface area contributed by atoms with E-state index in [-0.39, 0.29) is 29.2 Å². The van der Waals surface area contributed by atoms with Crippen molar-refractivity contribution in [3.05, 3.63) is 111 Å². The molecule has 0 aliphatic heterocycles. The van der Waals surface area contributed by atoms with Crippen molar-refractivity contribution in [1.82, 2.24) is 10.7 Å². The highest BCUT2D eigenvalue weighted by Crippen LogP contribution is 2.12. The first-order valence-corrected chi connectivity index (χ1v) is 11.4. The standard InChI is InChI=1S/C27H26N4O5/c1-2-19-8-10-21(11-9-19)25(32)18-24(27(34)28-17-16-20-6-4-3-5-7-20)29-30-26(33)22-12-14-23(15-13-22)31(35)36/h3-15H,2,16-18H2,1H3,(H,28,34)(H,30,33). The van der Waals surface area contributed by atoms with Gasteiger partial charge in [-0.15, -0.1) is 0 Å². The quantitative estimate of drug-likeness (QED) is 0.184. The van der Waals surface area contributed by atoms with Crippen molar-refractivity contribution in [3.8, 4) is 0 Å². The molecule has 0 heterocycles. The average molecular weight is 487 g/mol. The predicted molar refractivity (Wildman–Crippen MR) is 136 cm³/mol. The summed E-state index contributed by atoms with van der Waals surface area (Å²) in [4.78, 5) is 48.4. The molecule has 0 unspecified atom stereocenters. The number of non-ortho nitro benzene ring substituents is 1. The summed E-state index contributed by atoms with van der Waals surface area (Å²) in [6.45, 7) is 2.33. The number of hydrogen-bond acceptors (Lipinski definition) is 6. The van der Waals surface area contributed by atoms with Crippen molar-refractivity contribution in [3.63, 3.8) is 0 Å². The predicted octanol–water partition coefficient (Wildman–Crippen LogP) is 3.87. The summed E-state index contributed by atoms with van der Waals surface area (Å²) in [6, 6.07) is 21.6. The van der Waals surface area contributed by atoms with Crippen molar-refractivity contribution < 1.29 is 19.3 Å².